The normalized spacial score (nSPS) is 11.7. The van der Waals surface area contributed by atoms with Crippen molar-refractivity contribution in [2.75, 3.05) is 6.61 Å². The molecular weight excluding hydrogens is 336 g/mol. The van der Waals surface area contributed by atoms with Gasteiger partial charge in [0.15, 0.2) is 0 Å². The summed E-state index contributed by atoms with van der Waals surface area (Å²) >= 11 is 0. The third-order valence-corrected chi connectivity index (χ3v) is 9.02. The van der Waals surface area contributed by atoms with E-state index in [2.05, 4.69) is 52.8 Å². The van der Waals surface area contributed by atoms with Crippen LogP contribution in [-0.4, -0.2) is 15.2 Å². The Hall–Kier alpha value is -0.803. The summed E-state index contributed by atoms with van der Waals surface area (Å²) in [5.74, 6) is 1.02. The highest BCUT2D eigenvalue weighted by Crippen LogP contribution is 2.28. The van der Waals surface area contributed by atoms with Crippen molar-refractivity contribution in [3.05, 3.63) is 29.3 Å². The van der Waals surface area contributed by atoms with Crippen molar-refractivity contribution < 1.29 is 8.85 Å². The predicted molar refractivity (Wildman–Crippen MR) is 116 cm³/mol. The number of rotatable bonds is 15. The van der Waals surface area contributed by atoms with Crippen LogP contribution in [0.15, 0.2) is 18.2 Å². The van der Waals surface area contributed by atoms with Gasteiger partial charge in [-0.2, -0.15) is 0 Å². The number of benzene rings is 1. The van der Waals surface area contributed by atoms with Crippen LogP contribution in [0.5, 0.6) is 5.75 Å². The summed E-state index contributed by atoms with van der Waals surface area (Å²) in [7, 11) is -2.13. The minimum atomic E-state index is -2.13. The molecule has 0 amide bonds. The van der Waals surface area contributed by atoms with Gasteiger partial charge in [0.2, 0.25) is 0 Å². The molecule has 0 radical (unpaired) electrons. The van der Waals surface area contributed by atoms with E-state index >= 15 is 0 Å². The zero-order valence-corrected chi connectivity index (χ0v) is 19.0. The lowest BCUT2D eigenvalue weighted by molar-refractivity contribution is 0.230. The maximum absolute atomic E-state index is 6.51. The molecule has 3 heteroatoms. The molecule has 1 aromatic rings. The number of unbranched alkanes of at least 4 members (excludes halogenated alkanes) is 8. The molecule has 0 atom stereocenters. The molecule has 26 heavy (non-hydrogen) atoms. The zero-order chi connectivity index (χ0) is 19.3. The van der Waals surface area contributed by atoms with Gasteiger partial charge in [-0.25, -0.2) is 0 Å². The Morgan fingerprint density at radius 1 is 0.769 bits per heavy atom. The van der Waals surface area contributed by atoms with Crippen molar-refractivity contribution in [3.63, 3.8) is 0 Å². The smallest absolute Gasteiger partial charge is 0.398 e. The van der Waals surface area contributed by atoms with E-state index in [-0.39, 0.29) is 0 Å². The van der Waals surface area contributed by atoms with E-state index in [1.807, 2.05) is 0 Å². The monoisotopic (exact) mass is 378 g/mol. The average molecular weight is 379 g/mol. The third-order valence-electron chi connectivity index (χ3n) is 5.54. The Morgan fingerprint density at radius 2 is 1.35 bits per heavy atom. The van der Waals surface area contributed by atoms with E-state index in [1.54, 1.807) is 0 Å². The fourth-order valence-corrected chi connectivity index (χ4v) is 5.73. The van der Waals surface area contributed by atoms with E-state index in [0.717, 1.165) is 24.4 Å². The molecule has 0 saturated heterocycles. The Morgan fingerprint density at radius 3 is 1.92 bits per heavy atom. The maximum Gasteiger partial charge on any atom is 0.398 e. The molecule has 0 fully saturated rings. The zero-order valence-electron chi connectivity index (χ0n) is 18.0. The van der Waals surface area contributed by atoms with Crippen LogP contribution >= 0.6 is 0 Å². The van der Waals surface area contributed by atoms with Gasteiger partial charge in [0, 0.05) is 6.61 Å². The van der Waals surface area contributed by atoms with Crippen molar-refractivity contribution in [1.29, 1.82) is 0 Å². The summed E-state index contributed by atoms with van der Waals surface area (Å²) in [6, 6.07) is 8.34. The van der Waals surface area contributed by atoms with Crippen molar-refractivity contribution in [2.45, 2.75) is 104 Å². The largest absolute Gasteiger partial charge is 0.520 e. The second-order valence-corrected chi connectivity index (χ2v) is 11.3. The lowest BCUT2D eigenvalue weighted by Crippen LogP contribution is -2.44. The SMILES string of the molecule is CCCCCCCCCCCO[Si](CC)(CC)Oc1cccc(C)c1C. The molecule has 0 bridgehead atoms. The summed E-state index contributed by atoms with van der Waals surface area (Å²) in [5.41, 5.74) is 2.54. The van der Waals surface area contributed by atoms with E-state index in [4.69, 9.17) is 8.85 Å². The topological polar surface area (TPSA) is 18.5 Å². The van der Waals surface area contributed by atoms with Gasteiger partial charge in [-0.05, 0) is 49.5 Å². The molecule has 0 N–H and O–H groups in total. The molecule has 0 aliphatic heterocycles. The van der Waals surface area contributed by atoms with E-state index < -0.39 is 8.56 Å². The van der Waals surface area contributed by atoms with Gasteiger partial charge in [-0.15, -0.1) is 0 Å². The summed E-state index contributed by atoms with van der Waals surface area (Å²) in [6.45, 7) is 11.9. The molecule has 1 rings (SSSR count). The summed E-state index contributed by atoms with van der Waals surface area (Å²) < 4.78 is 12.9. The van der Waals surface area contributed by atoms with Crippen LogP contribution in [0, 0.1) is 13.8 Å². The van der Waals surface area contributed by atoms with Crippen LogP contribution in [0.25, 0.3) is 0 Å². The van der Waals surface area contributed by atoms with Crippen molar-refractivity contribution in [1.82, 2.24) is 0 Å². The van der Waals surface area contributed by atoms with Gasteiger partial charge >= 0.3 is 8.56 Å². The minimum Gasteiger partial charge on any atom is -0.520 e. The average Bonchev–Trinajstić information content (AvgIpc) is 2.66. The van der Waals surface area contributed by atoms with Gasteiger partial charge in [-0.3, -0.25) is 0 Å². The van der Waals surface area contributed by atoms with Crippen LogP contribution in [0.3, 0.4) is 0 Å². The van der Waals surface area contributed by atoms with Crippen LogP contribution < -0.4 is 4.43 Å². The molecule has 1 aromatic carbocycles. The molecule has 0 heterocycles. The highest BCUT2D eigenvalue weighted by molar-refractivity contribution is 6.68. The first-order valence-electron chi connectivity index (χ1n) is 11.0. The third kappa shape index (κ3) is 8.26. The van der Waals surface area contributed by atoms with Crippen LogP contribution in [0.4, 0.5) is 0 Å². The summed E-state index contributed by atoms with van der Waals surface area (Å²) in [4.78, 5) is 0. The second-order valence-electron chi connectivity index (χ2n) is 7.59. The molecule has 0 unspecified atom stereocenters. The molecule has 0 saturated carbocycles. The predicted octanol–water partition coefficient (Wildman–Crippen LogP) is 7.71. The van der Waals surface area contributed by atoms with Gasteiger partial charge in [-0.1, -0.05) is 84.3 Å². The first-order chi connectivity index (χ1) is 12.6. The standard InChI is InChI=1S/C23H42O2Si/c1-6-9-10-11-12-13-14-15-16-20-24-26(7-2,8-3)25-23-19-17-18-21(4)22(23)5/h17-19H,6-16,20H2,1-5H3. The van der Waals surface area contributed by atoms with E-state index in [1.165, 1.54) is 68.9 Å². The Balaban J connectivity index is 2.33. The molecule has 150 valence electrons. The molecule has 0 aliphatic carbocycles. The van der Waals surface area contributed by atoms with Gasteiger partial charge < -0.3 is 8.85 Å². The van der Waals surface area contributed by atoms with E-state index in [0.29, 0.717) is 0 Å². The van der Waals surface area contributed by atoms with Crippen molar-refractivity contribution >= 4 is 8.56 Å². The van der Waals surface area contributed by atoms with Gasteiger partial charge in [0.1, 0.15) is 5.75 Å². The minimum absolute atomic E-state index is 0.856. The Kier molecular flexibility index (Phi) is 12.0. The first kappa shape index (κ1) is 23.2. The fraction of sp³-hybridized carbons (Fsp3) is 0.739. The second kappa shape index (κ2) is 13.4. The fourth-order valence-electron chi connectivity index (χ4n) is 3.33. The van der Waals surface area contributed by atoms with Gasteiger partial charge in [0.05, 0.1) is 0 Å². The number of hydrogen-bond donors (Lipinski definition) is 0. The molecule has 2 nitrogen and oxygen atoms in total. The Bertz CT molecular complexity index is 483. The first-order valence-corrected chi connectivity index (χ1v) is 13.2. The lowest BCUT2D eigenvalue weighted by Gasteiger charge is -2.30. The molecule has 0 aliphatic rings. The van der Waals surface area contributed by atoms with Crippen LogP contribution in [-0.2, 0) is 4.43 Å². The molecule has 0 aromatic heterocycles. The van der Waals surface area contributed by atoms with Crippen molar-refractivity contribution in [2.24, 2.45) is 0 Å². The number of aryl methyl sites for hydroxylation is 1. The van der Waals surface area contributed by atoms with Crippen LogP contribution in [0.1, 0.15) is 89.7 Å². The summed E-state index contributed by atoms with van der Waals surface area (Å²) in [6.07, 6.45) is 12.1. The van der Waals surface area contributed by atoms with E-state index in [9.17, 15) is 0 Å². The molecular formula is C23H42O2Si. The quantitative estimate of drug-likeness (QED) is 0.230. The van der Waals surface area contributed by atoms with Crippen LogP contribution in [0.2, 0.25) is 12.1 Å². The van der Waals surface area contributed by atoms with Crippen molar-refractivity contribution in [3.8, 4) is 5.75 Å². The highest BCUT2D eigenvalue weighted by atomic mass is 28.4. The Labute approximate surface area is 163 Å². The highest BCUT2D eigenvalue weighted by Gasteiger charge is 2.36. The molecule has 0 spiro atoms. The van der Waals surface area contributed by atoms with Gasteiger partial charge in [0.25, 0.3) is 0 Å². The summed E-state index contributed by atoms with van der Waals surface area (Å²) in [5, 5.41) is 0. The maximum atomic E-state index is 6.51. The lowest BCUT2D eigenvalue weighted by atomic mass is 10.1. The number of hydrogen-bond acceptors (Lipinski definition) is 2.